The average molecular weight is 355 g/mol. The molecule has 1 N–H and O–H groups in total. The van der Waals surface area contributed by atoms with Crippen LogP contribution in [0, 0.1) is 11.6 Å². The number of aliphatic hydroxyl groups excluding tert-OH is 1. The summed E-state index contributed by atoms with van der Waals surface area (Å²) < 4.78 is 59.7. The van der Waals surface area contributed by atoms with Crippen LogP contribution in [-0.4, -0.2) is 17.1 Å². The minimum Gasteiger partial charge on any atom is -0.422 e. The van der Waals surface area contributed by atoms with E-state index in [0.717, 1.165) is 18.2 Å². The Morgan fingerprint density at radius 3 is 2.60 bits per heavy atom. The largest absolute Gasteiger partial charge is 0.483 e. The summed E-state index contributed by atoms with van der Waals surface area (Å²) >= 11 is 0. The molecule has 3 rings (SSSR count). The zero-order valence-corrected chi connectivity index (χ0v) is 13.0. The SMILES string of the molecule is CC(O)c1c(F)ccc2c1OC(F)(F)C(=O)N2Cc1cccc(F)c1. The Bertz CT molecular complexity index is 839. The number of halogens is 4. The average Bonchev–Trinajstić information content (AvgIpc) is 2.51. The van der Waals surface area contributed by atoms with Gasteiger partial charge in [0.25, 0.3) is 0 Å². The van der Waals surface area contributed by atoms with Gasteiger partial charge in [-0.05, 0) is 36.8 Å². The molecule has 1 heterocycles. The van der Waals surface area contributed by atoms with Gasteiger partial charge in [0.1, 0.15) is 11.6 Å². The fourth-order valence-corrected chi connectivity index (χ4v) is 2.69. The van der Waals surface area contributed by atoms with Crippen LogP contribution in [0.5, 0.6) is 5.75 Å². The molecule has 1 amide bonds. The van der Waals surface area contributed by atoms with Gasteiger partial charge in [0.05, 0.1) is 23.9 Å². The number of hydrogen-bond acceptors (Lipinski definition) is 3. The number of benzene rings is 2. The number of carbonyl (C=O) groups excluding carboxylic acids is 1. The Labute approximate surface area is 140 Å². The summed E-state index contributed by atoms with van der Waals surface area (Å²) in [5.41, 5.74) is -0.341. The van der Waals surface area contributed by atoms with Gasteiger partial charge in [-0.15, -0.1) is 0 Å². The molecule has 0 aliphatic carbocycles. The van der Waals surface area contributed by atoms with E-state index in [0.29, 0.717) is 4.90 Å². The van der Waals surface area contributed by atoms with E-state index >= 15 is 0 Å². The lowest BCUT2D eigenvalue weighted by Crippen LogP contribution is -2.50. The molecule has 4 nitrogen and oxygen atoms in total. The van der Waals surface area contributed by atoms with E-state index < -0.39 is 41.1 Å². The highest BCUT2D eigenvalue weighted by molar-refractivity contribution is 6.01. The van der Waals surface area contributed by atoms with Crippen LogP contribution < -0.4 is 9.64 Å². The molecule has 1 unspecified atom stereocenters. The summed E-state index contributed by atoms with van der Waals surface area (Å²) in [6.45, 7) is 0.820. The van der Waals surface area contributed by atoms with Gasteiger partial charge in [0, 0.05) is 0 Å². The van der Waals surface area contributed by atoms with Crippen LogP contribution in [0.1, 0.15) is 24.2 Å². The van der Waals surface area contributed by atoms with Crippen molar-refractivity contribution in [1.29, 1.82) is 0 Å². The molecule has 8 heteroatoms. The highest BCUT2D eigenvalue weighted by atomic mass is 19.3. The molecular weight excluding hydrogens is 342 g/mol. The van der Waals surface area contributed by atoms with Crippen molar-refractivity contribution in [1.82, 2.24) is 0 Å². The van der Waals surface area contributed by atoms with Crippen molar-refractivity contribution in [2.24, 2.45) is 0 Å². The molecule has 1 aliphatic heterocycles. The smallest absolute Gasteiger partial charge is 0.422 e. The second-order valence-electron chi connectivity index (χ2n) is 5.63. The molecule has 0 aromatic heterocycles. The summed E-state index contributed by atoms with van der Waals surface area (Å²) in [5, 5.41) is 9.69. The first-order valence-electron chi connectivity index (χ1n) is 7.34. The van der Waals surface area contributed by atoms with Crippen molar-refractivity contribution in [2.75, 3.05) is 4.90 Å². The maximum atomic E-state index is 14.0. The molecule has 2 aromatic rings. The van der Waals surface area contributed by atoms with Gasteiger partial charge in [-0.25, -0.2) is 8.78 Å². The Kier molecular flexibility index (Phi) is 4.16. The van der Waals surface area contributed by atoms with Gasteiger partial charge in [0.15, 0.2) is 5.75 Å². The lowest BCUT2D eigenvalue weighted by Gasteiger charge is -2.35. The normalized spacial score (nSPS) is 17.0. The third-order valence-electron chi connectivity index (χ3n) is 3.78. The second kappa shape index (κ2) is 6.03. The molecule has 0 saturated heterocycles. The first-order valence-corrected chi connectivity index (χ1v) is 7.34. The van der Waals surface area contributed by atoms with Crippen LogP contribution in [0.2, 0.25) is 0 Å². The Balaban J connectivity index is 2.13. The minimum atomic E-state index is -4.24. The van der Waals surface area contributed by atoms with E-state index in [4.69, 9.17) is 0 Å². The van der Waals surface area contributed by atoms with Crippen molar-refractivity contribution >= 4 is 11.6 Å². The van der Waals surface area contributed by atoms with Crippen molar-refractivity contribution in [2.45, 2.75) is 25.7 Å². The zero-order chi connectivity index (χ0) is 18.4. The number of amides is 1. The van der Waals surface area contributed by atoms with Gasteiger partial charge in [0.2, 0.25) is 0 Å². The number of hydrogen-bond donors (Lipinski definition) is 1. The predicted octanol–water partition coefficient (Wildman–Crippen LogP) is 3.54. The maximum Gasteiger partial charge on any atom is 0.483 e. The highest BCUT2D eigenvalue weighted by Gasteiger charge is 2.51. The van der Waals surface area contributed by atoms with E-state index in [9.17, 15) is 27.5 Å². The number of anilines is 1. The van der Waals surface area contributed by atoms with E-state index in [2.05, 4.69) is 4.74 Å². The van der Waals surface area contributed by atoms with E-state index in [-0.39, 0.29) is 17.8 Å². The van der Waals surface area contributed by atoms with E-state index in [1.807, 2.05) is 0 Å². The number of rotatable bonds is 3. The van der Waals surface area contributed by atoms with Crippen LogP contribution in [0.15, 0.2) is 36.4 Å². The van der Waals surface area contributed by atoms with E-state index in [1.165, 1.54) is 25.1 Å². The maximum absolute atomic E-state index is 14.0. The number of alkyl halides is 2. The molecule has 2 aromatic carbocycles. The molecule has 25 heavy (non-hydrogen) atoms. The van der Waals surface area contributed by atoms with Crippen LogP contribution in [0.3, 0.4) is 0 Å². The van der Waals surface area contributed by atoms with Gasteiger partial charge in [-0.2, -0.15) is 8.78 Å². The molecule has 1 atom stereocenters. The lowest BCUT2D eigenvalue weighted by atomic mass is 10.0. The number of ether oxygens (including phenoxy) is 1. The third-order valence-corrected chi connectivity index (χ3v) is 3.78. The van der Waals surface area contributed by atoms with Gasteiger partial charge < -0.3 is 9.84 Å². The summed E-state index contributed by atoms with van der Waals surface area (Å²) in [7, 11) is 0. The number of nitrogens with zero attached hydrogens (tertiary/aromatic N) is 1. The van der Waals surface area contributed by atoms with Gasteiger partial charge in [-0.1, -0.05) is 12.1 Å². The molecule has 1 aliphatic rings. The first kappa shape index (κ1) is 17.2. The van der Waals surface area contributed by atoms with Gasteiger partial charge >= 0.3 is 12.0 Å². The van der Waals surface area contributed by atoms with Crippen LogP contribution in [-0.2, 0) is 11.3 Å². The standard InChI is InChI=1S/C17H13F4NO3/c1-9(23)14-12(19)5-6-13-15(14)25-17(20,21)16(24)22(13)8-10-3-2-4-11(18)7-10/h2-7,9,23H,8H2,1H3. The van der Waals surface area contributed by atoms with Crippen LogP contribution >= 0.6 is 0 Å². The van der Waals surface area contributed by atoms with Crippen molar-refractivity contribution in [3.63, 3.8) is 0 Å². The topological polar surface area (TPSA) is 49.8 Å². The first-order chi connectivity index (χ1) is 11.7. The van der Waals surface area contributed by atoms with Gasteiger partial charge in [-0.3, -0.25) is 9.69 Å². The number of fused-ring (bicyclic) bond motifs is 1. The zero-order valence-electron chi connectivity index (χ0n) is 13.0. The van der Waals surface area contributed by atoms with Crippen molar-refractivity contribution in [3.05, 3.63) is 59.2 Å². The summed E-state index contributed by atoms with van der Waals surface area (Å²) in [4.78, 5) is 12.7. The molecule has 0 spiro atoms. The molecule has 132 valence electrons. The summed E-state index contributed by atoms with van der Waals surface area (Å²) in [6, 6.07) is 7.15. The fourth-order valence-electron chi connectivity index (χ4n) is 2.69. The molecule has 0 fully saturated rings. The quantitative estimate of drug-likeness (QED) is 0.857. The Hall–Kier alpha value is -2.61. The lowest BCUT2D eigenvalue weighted by molar-refractivity contribution is -0.193. The monoisotopic (exact) mass is 355 g/mol. The number of carbonyl (C=O) groups is 1. The second-order valence-corrected chi connectivity index (χ2v) is 5.63. The molecule has 0 saturated carbocycles. The Morgan fingerprint density at radius 2 is 1.96 bits per heavy atom. The third kappa shape index (κ3) is 3.05. The Morgan fingerprint density at radius 1 is 1.24 bits per heavy atom. The number of aliphatic hydroxyl groups is 1. The van der Waals surface area contributed by atoms with Crippen molar-refractivity contribution < 1.29 is 32.2 Å². The van der Waals surface area contributed by atoms with Crippen LogP contribution in [0.25, 0.3) is 0 Å². The fraction of sp³-hybridized carbons (Fsp3) is 0.235. The predicted molar refractivity (Wildman–Crippen MR) is 80.2 cm³/mol. The van der Waals surface area contributed by atoms with Crippen molar-refractivity contribution in [3.8, 4) is 5.75 Å². The molecule has 0 radical (unpaired) electrons. The van der Waals surface area contributed by atoms with E-state index in [1.54, 1.807) is 0 Å². The summed E-state index contributed by atoms with van der Waals surface area (Å²) in [5.74, 6) is -3.80. The van der Waals surface area contributed by atoms with Crippen LogP contribution in [0.4, 0.5) is 23.2 Å². The summed E-state index contributed by atoms with van der Waals surface area (Å²) in [6.07, 6.45) is -5.67. The minimum absolute atomic E-state index is 0.127. The highest BCUT2D eigenvalue weighted by Crippen LogP contribution is 2.45. The molecular formula is C17H13F4NO3. The molecule has 0 bridgehead atoms.